The summed E-state index contributed by atoms with van der Waals surface area (Å²) in [4.78, 5) is 22.1. The van der Waals surface area contributed by atoms with Crippen LogP contribution in [-0.4, -0.2) is 36.1 Å². The molecular formula is C11H15N3O2. The maximum absolute atomic E-state index is 11.4. The highest BCUT2D eigenvalue weighted by Crippen LogP contribution is 2.16. The lowest BCUT2D eigenvalue weighted by Gasteiger charge is -2.15. The number of carbonyl (C=O) groups is 1. The molecule has 1 aliphatic rings. The highest BCUT2D eigenvalue weighted by atomic mass is 16.5. The lowest BCUT2D eigenvalue weighted by atomic mass is 10.3. The lowest BCUT2D eigenvalue weighted by Crippen LogP contribution is -2.22. The molecule has 5 heteroatoms. The van der Waals surface area contributed by atoms with E-state index in [1.54, 1.807) is 6.07 Å². The molecule has 2 heterocycles. The van der Waals surface area contributed by atoms with Crippen LogP contribution in [-0.2, 0) is 4.74 Å². The minimum atomic E-state index is -0.411. The van der Waals surface area contributed by atoms with Gasteiger partial charge in [-0.15, -0.1) is 0 Å². The average Bonchev–Trinajstić information content (AvgIpc) is 2.80. The lowest BCUT2D eigenvalue weighted by molar-refractivity contribution is 0.0594. The van der Waals surface area contributed by atoms with E-state index >= 15 is 0 Å². The minimum Gasteiger partial charge on any atom is -0.464 e. The number of nitrogens with zero attached hydrogens (tertiary/aromatic N) is 3. The van der Waals surface area contributed by atoms with Gasteiger partial charge in [-0.1, -0.05) is 0 Å². The fraction of sp³-hybridized carbons (Fsp3) is 0.545. The van der Waals surface area contributed by atoms with Gasteiger partial charge in [0.15, 0.2) is 5.69 Å². The predicted octanol–water partition coefficient (Wildman–Crippen LogP) is 1.17. The Bertz CT molecular complexity index is 400. The second kappa shape index (κ2) is 4.47. The normalized spacial score (nSPS) is 15.2. The van der Waals surface area contributed by atoms with Crippen molar-refractivity contribution >= 4 is 11.9 Å². The molecule has 0 N–H and O–H groups in total. The molecule has 5 nitrogen and oxygen atoms in total. The second-order valence-electron chi connectivity index (χ2n) is 3.88. The highest BCUT2D eigenvalue weighted by molar-refractivity contribution is 5.87. The monoisotopic (exact) mass is 221 g/mol. The van der Waals surface area contributed by atoms with E-state index < -0.39 is 5.97 Å². The van der Waals surface area contributed by atoms with Gasteiger partial charge in [-0.3, -0.25) is 0 Å². The van der Waals surface area contributed by atoms with Gasteiger partial charge in [-0.25, -0.2) is 14.8 Å². The van der Waals surface area contributed by atoms with E-state index in [0.717, 1.165) is 31.6 Å². The summed E-state index contributed by atoms with van der Waals surface area (Å²) in [5, 5.41) is 0. The zero-order valence-corrected chi connectivity index (χ0v) is 9.56. The number of aromatic nitrogens is 2. The summed E-state index contributed by atoms with van der Waals surface area (Å²) < 4.78 is 4.66. The molecule has 16 heavy (non-hydrogen) atoms. The quantitative estimate of drug-likeness (QED) is 0.702. The number of aryl methyl sites for hydroxylation is 1. The van der Waals surface area contributed by atoms with Gasteiger partial charge < -0.3 is 9.64 Å². The Morgan fingerprint density at radius 2 is 2.06 bits per heavy atom. The second-order valence-corrected chi connectivity index (χ2v) is 3.88. The van der Waals surface area contributed by atoms with Crippen LogP contribution in [0.25, 0.3) is 0 Å². The third-order valence-electron chi connectivity index (χ3n) is 2.63. The molecule has 0 spiro atoms. The molecule has 2 rings (SSSR count). The van der Waals surface area contributed by atoms with E-state index in [2.05, 4.69) is 19.6 Å². The molecule has 0 aromatic carbocycles. The first kappa shape index (κ1) is 10.9. The summed E-state index contributed by atoms with van der Waals surface area (Å²) in [5.41, 5.74) is 1.12. The van der Waals surface area contributed by atoms with Crippen LogP contribution in [0.4, 0.5) is 5.95 Å². The summed E-state index contributed by atoms with van der Waals surface area (Å²) >= 11 is 0. The molecule has 1 fully saturated rings. The van der Waals surface area contributed by atoms with Gasteiger partial charge in [0.1, 0.15) is 0 Å². The Morgan fingerprint density at radius 1 is 1.38 bits per heavy atom. The number of hydrogen-bond donors (Lipinski definition) is 0. The molecule has 0 saturated carbocycles. The van der Waals surface area contributed by atoms with Crippen LogP contribution in [0.5, 0.6) is 0 Å². The van der Waals surface area contributed by atoms with Crippen molar-refractivity contribution in [1.29, 1.82) is 0 Å². The van der Waals surface area contributed by atoms with Crippen LogP contribution in [0, 0.1) is 6.92 Å². The van der Waals surface area contributed by atoms with Crippen molar-refractivity contribution in [1.82, 2.24) is 9.97 Å². The van der Waals surface area contributed by atoms with Gasteiger partial charge in [-0.2, -0.15) is 0 Å². The first-order chi connectivity index (χ1) is 7.70. The van der Waals surface area contributed by atoms with Crippen LogP contribution in [0.2, 0.25) is 0 Å². The van der Waals surface area contributed by atoms with Crippen molar-refractivity contribution in [2.24, 2.45) is 0 Å². The Labute approximate surface area is 94.5 Å². The molecule has 0 unspecified atom stereocenters. The number of hydrogen-bond acceptors (Lipinski definition) is 5. The average molecular weight is 221 g/mol. The van der Waals surface area contributed by atoms with E-state index in [9.17, 15) is 4.79 Å². The number of ether oxygens (including phenoxy) is 1. The molecule has 1 aromatic rings. The molecule has 0 radical (unpaired) electrons. The smallest absolute Gasteiger partial charge is 0.356 e. The maximum atomic E-state index is 11.4. The highest BCUT2D eigenvalue weighted by Gasteiger charge is 2.18. The molecule has 1 aliphatic heterocycles. The summed E-state index contributed by atoms with van der Waals surface area (Å²) in [6.07, 6.45) is 2.32. The van der Waals surface area contributed by atoms with Crippen LogP contribution in [0.15, 0.2) is 6.07 Å². The summed E-state index contributed by atoms with van der Waals surface area (Å²) in [7, 11) is 1.36. The number of esters is 1. The molecule has 1 aromatic heterocycles. The summed E-state index contributed by atoms with van der Waals surface area (Å²) in [6.45, 7) is 3.78. The topological polar surface area (TPSA) is 55.3 Å². The van der Waals surface area contributed by atoms with Crippen molar-refractivity contribution in [2.45, 2.75) is 19.8 Å². The zero-order chi connectivity index (χ0) is 11.5. The van der Waals surface area contributed by atoms with E-state index in [0.29, 0.717) is 11.6 Å². The molecule has 0 amide bonds. The molecule has 0 aliphatic carbocycles. The first-order valence-electron chi connectivity index (χ1n) is 5.39. The third-order valence-corrected chi connectivity index (χ3v) is 2.63. The largest absolute Gasteiger partial charge is 0.464 e. The van der Waals surface area contributed by atoms with Crippen molar-refractivity contribution < 1.29 is 9.53 Å². The van der Waals surface area contributed by atoms with E-state index in [-0.39, 0.29) is 0 Å². The minimum absolute atomic E-state index is 0.330. The molecule has 0 atom stereocenters. The Kier molecular flexibility index (Phi) is 3.03. The van der Waals surface area contributed by atoms with Crippen LogP contribution in [0.3, 0.4) is 0 Å². The van der Waals surface area contributed by atoms with Gasteiger partial charge in [0, 0.05) is 18.8 Å². The maximum Gasteiger partial charge on any atom is 0.356 e. The van der Waals surface area contributed by atoms with Gasteiger partial charge in [-0.05, 0) is 25.8 Å². The van der Waals surface area contributed by atoms with Crippen LogP contribution < -0.4 is 4.90 Å². The SMILES string of the molecule is COC(=O)c1cc(C)nc(N2CCCC2)n1. The van der Waals surface area contributed by atoms with Gasteiger partial charge in [0.25, 0.3) is 0 Å². The first-order valence-corrected chi connectivity index (χ1v) is 5.39. The van der Waals surface area contributed by atoms with Gasteiger partial charge in [0.05, 0.1) is 7.11 Å². The van der Waals surface area contributed by atoms with E-state index in [4.69, 9.17) is 0 Å². The van der Waals surface area contributed by atoms with Crippen molar-refractivity contribution in [3.05, 3.63) is 17.5 Å². The Morgan fingerprint density at radius 3 is 2.69 bits per heavy atom. The van der Waals surface area contributed by atoms with Crippen molar-refractivity contribution in [3.8, 4) is 0 Å². The summed E-state index contributed by atoms with van der Waals surface area (Å²) in [5.74, 6) is 0.226. The third kappa shape index (κ3) is 2.13. The molecule has 86 valence electrons. The standard InChI is InChI=1S/C11H15N3O2/c1-8-7-9(10(15)16-2)13-11(12-8)14-5-3-4-6-14/h7H,3-6H2,1-2H3. The fourth-order valence-corrected chi connectivity index (χ4v) is 1.82. The number of carbonyl (C=O) groups excluding carboxylic acids is 1. The molecule has 0 bridgehead atoms. The van der Waals surface area contributed by atoms with E-state index in [1.807, 2.05) is 6.92 Å². The van der Waals surface area contributed by atoms with Crippen LogP contribution in [0.1, 0.15) is 29.0 Å². The zero-order valence-electron chi connectivity index (χ0n) is 9.56. The van der Waals surface area contributed by atoms with Crippen molar-refractivity contribution in [3.63, 3.8) is 0 Å². The number of rotatable bonds is 2. The number of anilines is 1. The molecular weight excluding hydrogens is 206 g/mol. The fourth-order valence-electron chi connectivity index (χ4n) is 1.82. The van der Waals surface area contributed by atoms with Crippen molar-refractivity contribution in [2.75, 3.05) is 25.1 Å². The Balaban J connectivity index is 2.31. The number of methoxy groups -OCH3 is 1. The van der Waals surface area contributed by atoms with E-state index in [1.165, 1.54) is 7.11 Å². The van der Waals surface area contributed by atoms with Crippen LogP contribution >= 0.6 is 0 Å². The van der Waals surface area contributed by atoms with Gasteiger partial charge >= 0.3 is 5.97 Å². The summed E-state index contributed by atoms with van der Waals surface area (Å²) in [6, 6.07) is 1.64. The van der Waals surface area contributed by atoms with Gasteiger partial charge in [0.2, 0.25) is 5.95 Å². The Hall–Kier alpha value is -1.65. The predicted molar refractivity (Wildman–Crippen MR) is 59.6 cm³/mol. The molecule has 1 saturated heterocycles.